The van der Waals surface area contributed by atoms with Crippen LogP contribution in [0.15, 0.2) is 24.5 Å². The maximum absolute atomic E-state index is 3.63. The topological polar surface area (TPSA) is 17.0 Å². The van der Waals surface area contributed by atoms with Crippen LogP contribution in [0, 0.1) is 5.41 Å². The summed E-state index contributed by atoms with van der Waals surface area (Å²) >= 11 is 0. The van der Waals surface area contributed by atoms with E-state index in [2.05, 4.69) is 48.3 Å². The summed E-state index contributed by atoms with van der Waals surface area (Å²) in [6.45, 7) is 7.01. The van der Waals surface area contributed by atoms with Gasteiger partial charge in [0.15, 0.2) is 0 Å². The Morgan fingerprint density at radius 1 is 1.36 bits per heavy atom. The minimum absolute atomic E-state index is 0.433. The van der Waals surface area contributed by atoms with E-state index < -0.39 is 0 Å². The number of rotatable bonds is 2. The lowest BCUT2D eigenvalue weighted by molar-refractivity contribution is 0.163. The van der Waals surface area contributed by atoms with Crippen LogP contribution in [0.5, 0.6) is 0 Å². The molecule has 1 aromatic heterocycles. The maximum atomic E-state index is 3.63. The predicted molar refractivity (Wildman–Crippen MR) is 59.2 cm³/mol. The van der Waals surface area contributed by atoms with Gasteiger partial charge in [-0.15, -0.1) is 0 Å². The Morgan fingerprint density at radius 2 is 2.07 bits per heavy atom. The fraction of sp³-hybridized carbons (Fsp3) is 0.667. The van der Waals surface area contributed by atoms with E-state index in [1.54, 1.807) is 0 Å². The molecular formula is C12H20N2. The second-order valence-corrected chi connectivity index (χ2v) is 4.98. The molecule has 0 aromatic carbocycles. The zero-order chi connectivity index (χ0) is 10.0. The fourth-order valence-corrected chi connectivity index (χ4v) is 2.29. The third-order valence-corrected chi connectivity index (χ3v) is 3.39. The van der Waals surface area contributed by atoms with Crippen LogP contribution in [0.3, 0.4) is 0 Å². The number of piperidine rings is 1. The van der Waals surface area contributed by atoms with Gasteiger partial charge in [0.05, 0.1) is 0 Å². The Bertz CT molecular complexity index is 275. The predicted octanol–water partition coefficient (Wildman–Crippen LogP) is 2.27. The lowest BCUT2D eigenvalue weighted by Gasteiger charge is -2.39. The maximum Gasteiger partial charge on any atom is 0.0378 e. The second-order valence-electron chi connectivity index (χ2n) is 4.98. The van der Waals surface area contributed by atoms with Crippen LogP contribution in [-0.2, 0) is 6.54 Å². The molecule has 2 rings (SSSR count). The van der Waals surface area contributed by atoms with E-state index >= 15 is 0 Å². The van der Waals surface area contributed by atoms with Crippen molar-refractivity contribution in [2.75, 3.05) is 6.54 Å². The molecule has 2 heteroatoms. The van der Waals surface area contributed by atoms with Crippen molar-refractivity contribution in [3.05, 3.63) is 24.5 Å². The van der Waals surface area contributed by atoms with Crippen molar-refractivity contribution < 1.29 is 0 Å². The summed E-state index contributed by atoms with van der Waals surface area (Å²) in [5, 5.41) is 3.63. The standard InChI is InChI=1S/C12H20N2/c1-12(2)6-5-7-13-11(12)10-14-8-3-4-9-14/h3-4,8-9,11,13H,5-7,10H2,1-2H3. The van der Waals surface area contributed by atoms with Crippen LogP contribution >= 0.6 is 0 Å². The third kappa shape index (κ3) is 2.01. The Morgan fingerprint density at radius 3 is 2.71 bits per heavy atom. The summed E-state index contributed by atoms with van der Waals surface area (Å²) in [6, 6.07) is 4.80. The van der Waals surface area contributed by atoms with Crippen LogP contribution in [0.2, 0.25) is 0 Å². The van der Waals surface area contributed by atoms with Gasteiger partial charge in [0.2, 0.25) is 0 Å². The van der Waals surface area contributed by atoms with E-state index in [0.717, 1.165) is 6.54 Å². The SMILES string of the molecule is CC1(C)CCCNC1Cn1cccc1. The molecule has 2 nitrogen and oxygen atoms in total. The number of nitrogens with zero attached hydrogens (tertiary/aromatic N) is 1. The van der Waals surface area contributed by atoms with Gasteiger partial charge in [-0.2, -0.15) is 0 Å². The average molecular weight is 192 g/mol. The van der Waals surface area contributed by atoms with Crippen molar-refractivity contribution in [1.29, 1.82) is 0 Å². The number of hydrogen-bond donors (Lipinski definition) is 1. The zero-order valence-corrected chi connectivity index (χ0v) is 9.16. The molecule has 0 spiro atoms. The molecule has 0 bridgehead atoms. The van der Waals surface area contributed by atoms with Crippen LogP contribution in [0.4, 0.5) is 0 Å². The minimum Gasteiger partial charge on any atom is -0.353 e. The Balaban J connectivity index is 2.02. The molecule has 1 atom stereocenters. The van der Waals surface area contributed by atoms with Gasteiger partial charge in [-0.1, -0.05) is 13.8 Å². The average Bonchev–Trinajstić information content (AvgIpc) is 2.61. The number of aromatic nitrogens is 1. The number of nitrogens with one attached hydrogen (secondary N) is 1. The smallest absolute Gasteiger partial charge is 0.0378 e. The summed E-state index contributed by atoms with van der Waals surface area (Å²) in [5.41, 5.74) is 0.433. The lowest BCUT2D eigenvalue weighted by atomic mass is 9.77. The molecule has 1 aromatic rings. The van der Waals surface area contributed by atoms with Gasteiger partial charge < -0.3 is 9.88 Å². The zero-order valence-electron chi connectivity index (χ0n) is 9.16. The van der Waals surface area contributed by atoms with Crippen LogP contribution in [0.25, 0.3) is 0 Å². The molecule has 0 aliphatic carbocycles. The van der Waals surface area contributed by atoms with E-state index in [-0.39, 0.29) is 0 Å². The molecule has 0 radical (unpaired) electrons. The first kappa shape index (κ1) is 9.78. The summed E-state index contributed by atoms with van der Waals surface area (Å²) in [6.07, 6.45) is 6.94. The first-order chi connectivity index (χ1) is 6.68. The Kier molecular flexibility index (Phi) is 2.64. The fourth-order valence-electron chi connectivity index (χ4n) is 2.29. The summed E-state index contributed by atoms with van der Waals surface area (Å²) in [4.78, 5) is 0. The van der Waals surface area contributed by atoms with E-state index in [1.165, 1.54) is 19.4 Å². The molecule has 78 valence electrons. The van der Waals surface area contributed by atoms with Gasteiger partial charge >= 0.3 is 0 Å². The van der Waals surface area contributed by atoms with Crippen LogP contribution in [0.1, 0.15) is 26.7 Å². The monoisotopic (exact) mass is 192 g/mol. The molecule has 1 saturated heterocycles. The van der Waals surface area contributed by atoms with Crippen molar-refractivity contribution >= 4 is 0 Å². The molecule has 0 amide bonds. The quantitative estimate of drug-likeness (QED) is 0.760. The van der Waals surface area contributed by atoms with Gasteiger partial charge in [-0.3, -0.25) is 0 Å². The largest absolute Gasteiger partial charge is 0.353 e. The van der Waals surface area contributed by atoms with E-state index in [0.29, 0.717) is 11.5 Å². The highest BCUT2D eigenvalue weighted by molar-refractivity contribution is 4.94. The van der Waals surface area contributed by atoms with E-state index in [1.807, 2.05) is 0 Å². The molecule has 1 fully saturated rings. The molecule has 14 heavy (non-hydrogen) atoms. The second kappa shape index (κ2) is 3.77. The highest BCUT2D eigenvalue weighted by atomic mass is 15.0. The third-order valence-electron chi connectivity index (χ3n) is 3.39. The summed E-state index contributed by atoms with van der Waals surface area (Å²) in [7, 11) is 0. The normalized spacial score (nSPS) is 26.3. The molecule has 1 unspecified atom stereocenters. The van der Waals surface area contributed by atoms with Crippen molar-refractivity contribution in [3.8, 4) is 0 Å². The highest BCUT2D eigenvalue weighted by Crippen LogP contribution is 2.30. The first-order valence-corrected chi connectivity index (χ1v) is 5.53. The van der Waals surface area contributed by atoms with Crippen molar-refractivity contribution in [3.63, 3.8) is 0 Å². The lowest BCUT2D eigenvalue weighted by Crippen LogP contribution is -2.48. The highest BCUT2D eigenvalue weighted by Gasteiger charge is 2.31. The van der Waals surface area contributed by atoms with Gasteiger partial charge in [0, 0.05) is 25.0 Å². The molecule has 0 saturated carbocycles. The van der Waals surface area contributed by atoms with Crippen LogP contribution in [-0.4, -0.2) is 17.2 Å². The van der Waals surface area contributed by atoms with Crippen molar-refractivity contribution in [2.24, 2.45) is 5.41 Å². The number of hydrogen-bond acceptors (Lipinski definition) is 1. The summed E-state index contributed by atoms with van der Waals surface area (Å²) < 4.78 is 2.27. The summed E-state index contributed by atoms with van der Waals surface area (Å²) in [5.74, 6) is 0. The molecule has 1 aliphatic heterocycles. The van der Waals surface area contributed by atoms with Gasteiger partial charge in [0.1, 0.15) is 0 Å². The Labute approximate surface area is 86.3 Å². The molecule has 1 N–H and O–H groups in total. The van der Waals surface area contributed by atoms with Crippen molar-refractivity contribution in [1.82, 2.24) is 9.88 Å². The van der Waals surface area contributed by atoms with Gasteiger partial charge in [-0.05, 0) is 36.9 Å². The molecule has 2 heterocycles. The van der Waals surface area contributed by atoms with E-state index in [4.69, 9.17) is 0 Å². The van der Waals surface area contributed by atoms with Gasteiger partial charge in [0.25, 0.3) is 0 Å². The Hall–Kier alpha value is -0.760. The van der Waals surface area contributed by atoms with E-state index in [9.17, 15) is 0 Å². The molecular weight excluding hydrogens is 172 g/mol. The van der Waals surface area contributed by atoms with Gasteiger partial charge in [-0.25, -0.2) is 0 Å². The minimum atomic E-state index is 0.433. The first-order valence-electron chi connectivity index (χ1n) is 5.53. The van der Waals surface area contributed by atoms with Crippen LogP contribution < -0.4 is 5.32 Å². The van der Waals surface area contributed by atoms with Crippen molar-refractivity contribution in [2.45, 2.75) is 39.3 Å². The molecule has 1 aliphatic rings.